The summed E-state index contributed by atoms with van der Waals surface area (Å²) in [5.74, 6) is 0.745. The zero-order valence-electron chi connectivity index (χ0n) is 16.8. The van der Waals surface area contributed by atoms with Crippen LogP contribution in [0.15, 0.2) is 79.0 Å². The lowest BCUT2D eigenvalue weighted by molar-refractivity contribution is -0.115. The van der Waals surface area contributed by atoms with Gasteiger partial charge in [-0.2, -0.15) is 0 Å². The van der Waals surface area contributed by atoms with Crippen molar-refractivity contribution in [2.24, 2.45) is 0 Å². The Hall–Kier alpha value is -3.24. The second kappa shape index (κ2) is 9.06. The summed E-state index contributed by atoms with van der Waals surface area (Å²) in [6.07, 6.45) is 2.37. The zero-order chi connectivity index (χ0) is 20.9. The van der Waals surface area contributed by atoms with Gasteiger partial charge in [0.25, 0.3) is 0 Å². The summed E-state index contributed by atoms with van der Waals surface area (Å²) in [5.41, 5.74) is 4.03. The van der Waals surface area contributed by atoms with Crippen molar-refractivity contribution < 1.29 is 9.53 Å². The van der Waals surface area contributed by atoms with E-state index in [2.05, 4.69) is 28.2 Å². The van der Waals surface area contributed by atoms with E-state index in [-0.39, 0.29) is 5.91 Å². The first-order valence-electron chi connectivity index (χ1n) is 9.96. The number of fused-ring (bicyclic) bond motifs is 1. The molecule has 1 amide bonds. The van der Waals surface area contributed by atoms with E-state index in [4.69, 9.17) is 16.3 Å². The van der Waals surface area contributed by atoms with Crippen LogP contribution < -0.4 is 10.1 Å². The SMILES string of the molecule is CCOc1ccc(NC(=O)Cc2cn(Cc3ccc(Cl)cc3)c3ccccc23)cc1. The molecule has 152 valence electrons. The lowest BCUT2D eigenvalue weighted by atomic mass is 10.1. The van der Waals surface area contributed by atoms with Crippen molar-refractivity contribution in [3.8, 4) is 5.75 Å². The molecule has 1 aromatic heterocycles. The predicted octanol–water partition coefficient (Wildman–Crippen LogP) is 5.92. The Morgan fingerprint density at radius 2 is 1.73 bits per heavy atom. The van der Waals surface area contributed by atoms with Gasteiger partial charge in [0.05, 0.1) is 13.0 Å². The quantitative estimate of drug-likeness (QED) is 0.404. The van der Waals surface area contributed by atoms with E-state index >= 15 is 0 Å². The molecule has 0 spiro atoms. The van der Waals surface area contributed by atoms with Crippen LogP contribution in [0.5, 0.6) is 5.75 Å². The minimum absolute atomic E-state index is 0.0476. The van der Waals surface area contributed by atoms with Crippen molar-refractivity contribution in [3.63, 3.8) is 0 Å². The summed E-state index contributed by atoms with van der Waals surface area (Å²) in [6, 6.07) is 23.4. The summed E-state index contributed by atoms with van der Waals surface area (Å²) < 4.78 is 7.62. The van der Waals surface area contributed by atoms with Gasteiger partial charge in [0.2, 0.25) is 5.91 Å². The first-order chi connectivity index (χ1) is 14.6. The van der Waals surface area contributed by atoms with Gasteiger partial charge < -0.3 is 14.6 Å². The van der Waals surface area contributed by atoms with Crippen LogP contribution in [0.25, 0.3) is 10.9 Å². The fourth-order valence-electron chi connectivity index (χ4n) is 3.56. The van der Waals surface area contributed by atoms with E-state index in [9.17, 15) is 4.79 Å². The number of hydrogen-bond donors (Lipinski definition) is 1. The molecule has 0 unspecified atom stereocenters. The number of halogens is 1. The highest BCUT2D eigenvalue weighted by molar-refractivity contribution is 6.30. The van der Waals surface area contributed by atoms with E-state index in [1.54, 1.807) is 0 Å². The van der Waals surface area contributed by atoms with Crippen LogP contribution in [-0.4, -0.2) is 17.1 Å². The number of amides is 1. The molecule has 0 radical (unpaired) electrons. The van der Waals surface area contributed by atoms with Gasteiger partial charge in [0.15, 0.2) is 0 Å². The third-order valence-electron chi connectivity index (χ3n) is 4.94. The highest BCUT2D eigenvalue weighted by atomic mass is 35.5. The largest absolute Gasteiger partial charge is 0.494 e. The molecule has 0 saturated heterocycles. The summed E-state index contributed by atoms with van der Waals surface area (Å²) in [6.45, 7) is 3.28. The van der Waals surface area contributed by atoms with E-state index in [0.717, 1.165) is 45.0 Å². The van der Waals surface area contributed by atoms with E-state index in [0.29, 0.717) is 13.0 Å². The van der Waals surface area contributed by atoms with Crippen LogP contribution in [0.2, 0.25) is 5.02 Å². The van der Waals surface area contributed by atoms with E-state index in [1.807, 2.05) is 67.6 Å². The van der Waals surface area contributed by atoms with Crippen molar-refractivity contribution >= 4 is 34.1 Å². The molecule has 4 rings (SSSR count). The van der Waals surface area contributed by atoms with Crippen LogP contribution in [0.3, 0.4) is 0 Å². The van der Waals surface area contributed by atoms with Crippen molar-refractivity contribution in [2.75, 3.05) is 11.9 Å². The molecule has 0 aliphatic rings. The fraction of sp³-hybridized carbons (Fsp3) is 0.160. The number of benzene rings is 3. The molecular weight excluding hydrogens is 396 g/mol. The molecule has 0 aliphatic carbocycles. The average molecular weight is 419 g/mol. The first-order valence-corrected chi connectivity index (χ1v) is 10.3. The summed E-state index contributed by atoms with van der Waals surface area (Å²) in [4.78, 5) is 12.7. The molecule has 4 nitrogen and oxygen atoms in total. The Morgan fingerprint density at radius 3 is 2.47 bits per heavy atom. The van der Waals surface area contributed by atoms with Gasteiger partial charge in [0, 0.05) is 34.4 Å². The van der Waals surface area contributed by atoms with Crippen LogP contribution in [0.1, 0.15) is 18.1 Å². The van der Waals surface area contributed by atoms with Crippen molar-refractivity contribution in [2.45, 2.75) is 19.9 Å². The first kappa shape index (κ1) is 20.0. The Kier molecular flexibility index (Phi) is 6.05. The number of aromatic nitrogens is 1. The number of rotatable bonds is 7. The van der Waals surface area contributed by atoms with Gasteiger partial charge in [-0.05, 0) is 60.5 Å². The lowest BCUT2D eigenvalue weighted by Gasteiger charge is -2.07. The molecule has 0 aliphatic heterocycles. The van der Waals surface area contributed by atoms with Crippen molar-refractivity contribution in [1.82, 2.24) is 4.57 Å². The number of hydrogen-bond acceptors (Lipinski definition) is 2. The topological polar surface area (TPSA) is 43.3 Å². The normalized spacial score (nSPS) is 10.9. The van der Waals surface area contributed by atoms with Crippen LogP contribution in [0, 0.1) is 0 Å². The van der Waals surface area contributed by atoms with Gasteiger partial charge >= 0.3 is 0 Å². The van der Waals surface area contributed by atoms with Crippen molar-refractivity contribution in [3.05, 3.63) is 95.1 Å². The Bertz CT molecular complexity index is 1150. The Labute approximate surface area is 181 Å². The predicted molar refractivity (Wildman–Crippen MR) is 122 cm³/mol. The third-order valence-corrected chi connectivity index (χ3v) is 5.19. The number of nitrogens with one attached hydrogen (secondary N) is 1. The van der Waals surface area contributed by atoms with Gasteiger partial charge in [-0.25, -0.2) is 0 Å². The smallest absolute Gasteiger partial charge is 0.228 e. The number of anilines is 1. The number of para-hydroxylation sites is 1. The molecule has 0 fully saturated rings. The second-order valence-corrected chi connectivity index (χ2v) is 7.54. The molecule has 1 N–H and O–H groups in total. The number of ether oxygens (including phenoxy) is 1. The monoisotopic (exact) mass is 418 g/mol. The molecule has 0 atom stereocenters. The molecule has 3 aromatic carbocycles. The van der Waals surface area contributed by atoms with E-state index in [1.165, 1.54) is 0 Å². The van der Waals surface area contributed by atoms with Gasteiger partial charge in [-0.1, -0.05) is 41.9 Å². The maximum absolute atomic E-state index is 12.7. The Morgan fingerprint density at radius 1 is 1.00 bits per heavy atom. The van der Waals surface area contributed by atoms with E-state index < -0.39 is 0 Å². The molecule has 0 bridgehead atoms. The summed E-state index contributed by atoms with van der Waals surface area (Å²) in [5, 5.41) is 4.79. The number of carbonyl (C=O) groups excluding carboxylic acids is 1. The second-order valence-electron chi connectivity index (χ2n) is 7.11. The van der Waals surface area contributed by atoms with Gasteiger partial charge in [-0.15, -0.1) is 0 Å². The molecule has 5 heteroatoms. The average Bonchev–Trinajstić information content (AvgIpc) is 3.08. The fourth-order valence-corrected chi connectivity index (χ4v) is 3.69. The molecular formula is C25H23ClN2O2. The standard InChI is InChI=1S/C25H23ClN2O2/c1-2-30-22-13-11-21(12-14-22)27-25(29)15-19-17-28(24-6-4-3-5-23(19)24)16-18-7-9-20(26)10-8-18/h3-14,17H,2,15-16H2,1H3,(H,27,29). The lowest BCUT2D eigenvalue weighted by Crippen LogP contribution is -2.14. The van der Waals surface area contributed by atoms with Gasteiger partial charge in [-0.3, -0.25) is 4.79 Å². The minimum Gasteiger partial charge on any atom is -0.494 e. The van der Waals surface area contributed by atoms with Crippen LogP contribution in [0.4, 0.5) is 5.69 Å². The van der Waals surface area contributed by atoms with Gasteiger partial charge in [0.1, 0.15) is 5.75 Å². The van der Waals surface area contributed by atoms with Crippen LogP contribution >= 0.6 is 11.6 Å². The number of nitrogens with zero attached hydrogens (tertiary/aromatic N) is 1. The Balaban J connectivity index is 1.52. The minimum atomic E-state index is -0.0476. The molecule has 30 heavy (non-hydrogen) atoms. The molecule has 4 aromatic rings. The highest BCUT2D eigenvalue weighted by Gasteiger charge is 2.12. The summed E-state index contributed by atoms with van der Waals surface area (Å²) >= 11 is 6.00. The number of carbonyl (C=O) groups is 1. The maximum Gasteiger partial charge on any atom is 0.228 e. The maximum atomic E-state index is 12.7. The third kappa shape index (κ3) is 4.66. The van der Waals surface area contributed by atoms with Crippen LogP contribution in [-0.2, 0) is 17.8 Å². The molecule has 0 saturated carbocycles. The highest BCUT2D eigenvalue weighted by Crippen LogP contribution is 2.24. The zero-order valence-corrected chi connectivity index (χ0v) is 17.5. The van der Waals surface area contributed by atoms with Crippen molar-refractivity contribution in [1.29, 1.82) is 0 Å². The molecule has 1 heterocycles. The summed E-state index contributed by atoms with van der Waals surface area (Å²) in [7, 11) is 0.